The minimum atomic E-state index is -3.13. The molecule has 0 saturated carbocycles. The van der Waals surface area contributed by atoms with Crippen LogP contribution in [0.1, 0.15) is 46.6 Å². The number of aryl methyl sites for hydroxylation is 3. The highest BCUT2D eigenvalue weighted by Crippen LogP contribution is 2.33. The molecule has 1 aliphatic rings. The third-order valence-electron chi connectivity index (χ3n) is 6.72. The summed E-state index contributed by atoms with van der Waals surface area (Å²) in [6.45, 7) is 5.81. The first-order valence-electron chi connectivity index (χ1n) is 11.9. The van der Waals surface area contributed by atoms with E-state index in [0.717, 1.165) is 17.5 Å². The highest BCUT2D eigenvalue weighted by Gasteiger charge is 2.32. The molecule has 1 aliphatic heterocycles. The quantitative estimate of drug-likeness (QED) is 0.371. The summed E-state index contributed by atoms with van der Waals surface area (Å²) in [6, 6.07) is 14.9. The number of rotatable bonds is 5. The van der Waals surface area contributed by atoms with Gasteiger partial charge in [-0.3, -0.25) is 4.79 Å². The van der Waals surface area contributed by atoms with Gasteiger partial charge in [-0.15, -0.1) is 0 Å². The van der Waals surface area contributed by atoms with Crippen LogP contribution in [0.25, 0.3) is 22.3 Å². The predicted octanol–water partition coefficient (Wildman–Crippen LogP) is 5.54. The van der Waals surface area contributed by atoms with E-state index in [-0.39, 0.29) is 23.5 Å². The average Bonchev–Trinajstić information content (AvgIpc) is 3.39. The van der Waals surface area contributed by atoms with Crippen molar-refractivity contribution < 1.29 is 13.2 Å². The lowest BCUT2D eigenvalue weighted by Crippen LogP contribution is -2.15. The van der Waals surface area contributed by atoms with Crippen molar-refractivity contribution in [3.63, 3.8) is 0 Å². The first-order valence-corrected chi connectivity index (χ1v) is 14.1. The number of halogens is 1. The third-order valence-corrected chi connectivity index (χ3v) is 8.88. The molecule has 1 saturated heterocycles. The van der Waals surface area contributed by atoms with Crippen molar-refractivity contribution in [3.05, 3.63) is 75.9 Å². The van der Waals surface area contributed by atoms with Gasteiger partial charge in [-0.2, -0.15) is 5.10 Å². The Kier molecular flexibility index (Phi) is 6.34. The molecule has 1 fully saturated rings. The summed E-state index contributed by atoms with van der Waals surface area (Å²) in [4.78, 5) is 18.5. The molecule has 0 bridgehead atoms. The van der Waals surface area contributed by atoms with Crippen LogP contribution in [0.2, 0.25) is 5.02 Å². The zero-order chi connectivity index (χ0) is 25.6. The van der Waals surface area contributed by atoms with Gasteiger partial charge in [0.15, 0.2) is 15.5 Å². The molecule has 7 nitrogen and oxygen atoms in total. The van der Waals surface area contributed by atoms with E-state index in [2.05, 4.69) is 17.3 Å². The van der Waals surface area contributed by atoms with Crippen molar-refractivity contribution in [1.29, 1.82) is 0 Å². The van der Waals surface area contributed by atoms with Crippen LogP contribution in [0.5, 0.6) is 0 Å². The standard InChI is InChI=1S/C27H27ClN4O3S/c1-4-18-6-8-19(9-7-18)24-14-22(27(33)29-20-10-5-16(2)23(28)13-20)25-17(3)31-32(26(25)30-24)21-11-12-36(34,35)15-21/h5-10,13-14,21H,4,11-12,15H2,1-3H3,(H,29,33). The number of carbonyl (C=O) groups is 1. The Balaban J connectivity index is 1.66. The largest absolute Gasteiger partial charge is 0.322 e. The third kappa shape index (κ3) is 4.63. The summed E-state index contributed by atoms with van der Waals surface area (Å²) in [7, 11) is -3.13. The van der Waals surface area contributed by atoms with E-state index >= 15 is 0 Å². The van der Waals surface area contributed by atoms with Gasteiger partial charge in [0.05, 0.1) is 39.9 Å². The topological polar surface area (TPSA) is 94.0 Å². The number of anilines is 1. The summed E-state index contributed by atoms with van der Waals surface area (Å²) in [5, 5.41) is 8.79. The van der Waals surface area contributed by atoms with Crippen LogP contribution in [0.15, 0.2) is 48.5 Å². The highest BCUT2D eigenvalue weighted by molar-refractivity contribution is 7.91. The van der Waals surface area contributed by atoms with Gasteiger partial charge in [-0.1, -0.05) is 48.9 Å². The second kappa shape index (κ2) is 9.33. The molecule has 0 aliphatic carbocycles. The molecule has 9 heteroatoms. The van der Waals surface area contributed by atoms with Crippen molar-refractivity contribution in [2.45, 2.75) is 39.7 Å². The van der Waals surface area contributed by atoms with E-state index in [4.69, 9.17) is 16.6 Å². The second-order valence-corrected chi connectivity index (χ2v) is 11.9. The molecule has 1 unspecified atom stereocenters. The number of sulfone groups is 1. The van der Waals surface area contributed by atoms with E-state index in [0.29, 0.717) is 45.1 Å². The van der Waals surface area contributed by atoms with E-state index < -0.39 is 9.84 Å². The zero-order valence-corrected chi connectivity index (χ0v) is 21.9. The van der Waals surface area contributed by atoms with Crippen LogP contribution in [0.4, 0.5) is 5.69 Å². The minimum Gasteiger partial charge on any atom is -0.322 e. The van der Waals surface area contributed by atoms with Crippen molar-refractivity contribution in [3.8, 4) is 11.3 Å². The highest BCUT2D eigenvalue weighted by atomic mass is 35.5. The summed E-state index contributed by atoms with van der Waals surface area (Å²) >= 11 is 6.27. The zero-order valence-electron chi connectivity index (χ0n) is 20.4. The second-order valence-electron chi connectivity index (χ2n) is 9.31. The number of fused-ring (bicyclic) bond motifs is 1. The van der Waals surface area contributed by atoms with Gasteiger partial charge in [0, 0.05) is 16.3 Å². The van der Waals surface area contributed by atoms with Crippen molar-refractivity contribution in [1.82, 2.24) is 14.8 Å². The van der Waals surface area contributed by atoms with Crippen LogP contribution >= 0.6 is 11.6 Å². The average molecular weight is 523 g/mol. The number of aromatic nitrogens is 3. The number of carbonyl (C=O) groups excluding carboxylic acids is 1. The molecule has 1 atom stereocenters. The van der Waals surface area contributed by atoms with E-state index in [9.17, 15) is 13.2 Å². The number of benzene rings is 2. The van der Waals surface area contributed by atoms with Crippen molar-refractivity contribution >= 4 is 44.1 Å². The Labute approximate surface area is 215 Å². The Morgan fingerprint density at radius 1 is 1.14 bits per heavy atom. The molecule has 5 rings (SSSR count). The number of nitrogens with zero attached hydrogens (tertiary/aromatic N) is 3. The van der Waals surface area contributed by atoms with Crippen molar-refractivity contribution in [2.75, 3.05) is 16.8 Å². The Hall–Kier alpha value is -3.23. The molecule has 1 amide bonds. The monoisotopic (exact) mass is 522 g/mol. The maximum atomic E-state index is 13.6. The van der Waals surface area contributed by atoms with Gasteiger partial charge in [0.1, 0.15) is 0 Å². The van der Waals surface area contributed by atoms with Crippen LogP contribution in [0, 0.1) is 13.8 Å². The van der Waals surface area contributed by atoms with Crippen LogP contribution in [-0.4, -0.2) is 40.6 Å². The molecule has 0 radical (unpaired) electrons. The fraction of sp³-hybridized carbons (Fsp3) is 0.296. The minimum absolute atomic E-state index is 0.0176. The summed E-state index contributed by atoms with van der Waals surface area (Å²) in [5.74, 6) is -0.169. The number of hydrogen-bond donors (Lipinski definition) is 1. The number of pyridine rings is 1. The fourth-order valence-electron chi connectivity index (χ4n) is 4.64. The lowest BCUT2D eigenvalue weighted by atomic mass is 10.0. The Bertz CT molecular complexity index is 1590. The first kappa shape index (κ1) is 24.5. The maximum absolute atomic E-state index is 13.6. The Morgan fingerprint density at radius 2 is 1.89 bits per heavy atom. The Morgan fingerprint density at radius 3 is 2.53 bits per heavy atom. The number of amides is 1. The molecule has 36 heavy (non-hydrogen) atoms. The number of nitrogens with one attached hydrogen (secondary N) is 1. The van der Waals surface area contributed by atoms with Gasteiger partial charge in [-0.05, 0) is 56.0 Å². The van der Waals surface area contributed by atoms with Gasteiger partial charge in [0.2, 0.25) is 0 Å². The van der Waals surface area contributed by atoms with Gasteiger partial charge in [-0.25, -0.2) is 18.1 Å². The molecule has 2 aromatic carbocycles. The molecular weight excluding hydrogens is 496 g/mol. The van der Waals surface area contributed by atoms with Crippen LogP contribution in [-0.2, 0) is 16.3 Å². The molecule has 2 aromatic heterocycles. The smallest absolute Gasteiger partial charge is 0.256 e. The van der Waals surface area contributed by atoms with Crippen LogP contribution in [0.3, 0.4) is 0 Å². The first-order chi connectivity index (χ1) is 17.1. The van der Waals surface area contributed by atoms with Gasteiger partial charge < -0.3 is 5.32 Å². The predicted molar refractivity (Wildman–Crippen MR) is 144 cm³/mol. The van der Waals surface area contributed by atoms with Gasteiger partial charge in [0.25, 0.3) is 5.91 Å². The molecule has 186 valence electrons. The van der Waals surface area contributed by atoms with E-state index in [1.54, 1.807) is 16.8 Å². The summed E-state index contributed by atoms with van der Waals surface area (Å²) in [6.07, 6.45) is 1.39. The summed E-state index contributed by atoms with van der Waals surface area (Å²) < 4.78 is 26.1. The van der Waals surface area contributed by atoms with Crippen molar-refractivity contribution in [2.24, 2.45) is 0 Å². The van der Waals surface area contributed by atoms with Crippen LogP contribution < -0.4 is 5.32 Å². The number of hydrogen-bond acceptors (Lipinski definition) is 5. The van der Waals surface area contributed by atoms with E-state index in [1.807, 2.05) is 50.2 Å². The lowest BCUT2D eigenvalue weighted by Gasteiger charge is -2.13. The summed E-state index contributed by atoms with van der Waals surface area (Å²) in [5.41, 5.74) is 5.76. The van der Waals surface area contributed by atoms with E-state index in [1.165, 1.54) is 5.56 Å². The molecule has 0 spiro atoms. The SMILES string of the molecule is CCc1ccc(-c2cc(C(=O)Nc3ccc(C)c(Cl)c3)c3c(C)nn(C4CCS(=O)(=O)C4)c3n2)cc1. The lowest BCUT2D eigenvalue weighted by molar-refractivity contribution is 0.102. The normalized spacial score (nSPS) is 16.9. The van der Waals surface area contributed by atoms with Gasteiger partial charge >= 0.3 is 0 Å². The molecular formula is C27H27ClN4O3S. The maximum Gasteiger partial charge on any atom is 0.256 e. The molecule has 3 heterocycles. The molecule has 4 aromatic rings. The fourth-order valence-corrected chi connectivity index (χ4v) is 6.52. The molecule has 1 N–H and O–H groups in total.